The molecule has 0 saturated carbocycles. The van der Waals surface area contributed by atoms with Gasteiger partial charge in [0, 0.05) is 18.4 Å². The summed E-state index contributed by atoms with van der Waals surface area (Å²) in [5.74, 6) is -1.85. The first-order valence-electron chi connectivity index (χ1n) is 9.41. The van der Waals surface area contributed by atoms with Gasteiger partial charge in [0.05, 0.1) is 0 Å². The monoisotopic (exact) mass is 414 g/mol. The number of benzene rings is 2. The van der Waals surface area contributed by atoms with Crippen LogP contribution in [0.2, 0.25) is 0 Å². The van der Waals surface area contributed by atoms with E-state index in [2.05, 4.69) is 4.74 Å². The first-order chi connectivity index (χ1) is 13.7. The zero-order chi connectivity index (χ0) is 21.4. The average molecular weight is 414 g/mol. The van der Waals surface area contributed by atoms with Crippen LogP contribution in [0.25, 0.3) is 0 Å². The topological polar surface area (TPSA) is 26.3 Å². The summed E-state index contributed by atoms with van der Waals surface area (Å²) in [5.41, 5.74) is 2.25. The molecule has 158 valence electrons. The van der Waals surface area contributed by atoms with Crippen molar-refractivity contribution in [2.24, 2.45) is 0 Å². The van der Waals surface area contributed by atoms with Crippen LogP contribution in [-0.2, 0) is 11.2 Å². The molecule has 0 aromatic heterocycles. The minimum atomic E-state index is -4.70. The Hall–Kier alpha value is -2.44. The maximum Gasteiger partial charge on any atom is 0.461 e. The van der Waals surface area contributed by atoms with Gasteiger partial charge in [-0.15, -0.1) is 0 Å². The van der Waals surface area contributed by atoms with Gasteiger partial charge >= 0.3 is 12.5 Å². The van der Waals surface area contributed by atoms with Gasteiger partial charge in [-0.25, -0.2) is 4.39 Å². The van der Waals surface area contributed by atoms with Crippen molar-refractivity contribution in [2.45, 2.75) is 57.5 Å². The summed E-state index contributed by atoms with van der Waals surface area (Å²) in [6.07, 6.45) is -3.75. The molecular formula is C22H23F5O2. The molecule has 0 bridgehead atoms. The van der Waals surface area contributed by atoms with E-state index in [1.807, 2.05) is 24.3 Å². The third kappa shape index (κ3) is 6.84. The first kappa shape index (κ1) is 22.8. The van der Waals surface area contributed by atoms with Crippen molar-refractivity contribution >= 4 is 6.29 Å². The molecule has 0 saturated heterocycles. The zero-order valence-corrected chi connectivity index (χ0v) is 16.0. The van der Waals surface area contributed by atoms with Gasteiger partial charge < -0.3 is 9.53 Å². The number of unbranched alkanes of at least 4 members (excludes halogenated alkanes) is 3. The van der Waals surface area contributed by atoms with Gasteiger partial charge in [-0.05, 0) is 48.1 Å². The molecule has 0 fully saturated rings. The maximum absolute atomic E-state index is 13.9. The predicted octanol–water partition coefficient (Wildman–Crippen LogP) is 6.52. The van der Waals surface area contributed by atoms with Crippen molar-refractivity contribution in [2.75, 3.05) is 0 Å². The summed E-state index contributed by atoms with van der Waals surface area (Å²) in [5, 5.41) is 0. The van der Waals surface area contributed by atoms with E-state index in [0.29, 0.717) is 18.1 Å². The smallest absolute Gasteiger partial charge is 0.428 e. The number of aldehydes is 1. The Balaban J connectivity index is 2.14. The molecule has 2 aromatic carbocycles. The van der Waals surface area contributed by atoms with E-state index in [0.717, 1.165) is 49.2 Å². The van der Waals surface area contributed by atoms with Crippen molar-refractivity contribution in [1.82, 2.24) is 0 Å². The molecule has 0 aliphatic rings. The van der Waals surface area contributed by atoms with Crippen LogP contribution in [-0.4, -0.2) is 18.8 Å². The van der Waals surface area contributed by atoms with Crippen LogP contribution in [0, 0.1) is 5.82 Å². The van der Waals surface area contributed by atoms with Gasteiger partial charge in [0.25, 0.3) is 0 Å². The molecule has 0 N–H and O–H groups in total. The van der Waals surface area contributed by atoms with Gasteiger partial charge in [0.15, 0.2) is 0 Å². The summed E-state index contributed by atoms with van der Waals surface area (Å²) >= 11 is 0. The summed E-state index contributed by atoms with van der Waals surface area (Å²) in [7, 11) is 0. The highest BCUT2D eigenvalue weighted by atomic mass is 19.3. The molecule has 0 spiro atoms. The molecule has 2 rings (SSSR count). The van der Waals surface area contributed by atoms with Crippen molar-refractivity contribution < 1.29 is 31.5 Å². The van der Waals surface area contributed by atoms with E-state index >= 15 is 0 Å². The second-order valence-corrected chi connectivity index (χ2v) is 6.92. The fourth-order valence-corrected chi connectivity index (χ4v) is 3.04. The lowest BCUT2D eigenvalue weighted by molar-refractivity contribution is -0.253. The summed E-state index contributed by atoms with van der Waals surface area (Å²) in [4.78, 5) is 10.3. The molecular weight excluding hydrogens is 391 g/mol. The van der Waals surface area contributed by atoms with Crippen molar-refractivity contribution in [3.63, 3.8) is 0 Å². The van der Waals surface area contributed by atoms with Crippen molar-refractivity contribution in [3.05, 3.63) is 65.0 Å². The Morgan fingerprint density at radius 2 is 1.79 bits per heavy atom. The van der Waals surface area contributed by atoms with Crippen molar-refractivity contribution in [1.29, 1.82) is 0 Å². The minimum Gasteiger partial charge on any atom is -0.428 e. The molecule has 1 atom stereocenters. The summed E-state index contributed by atoms with van der Waals surface area (Å²) < 4.78 is 68.9. The minimum absolute atomic E-state index is 0.341. The van der Waals surface area contributed by atoms with E-state index in [4.69, 9.17) is 0 Å². The molecule has 0 heterocycles. The largest absolute Gasteiger partial charge is 0.461 e. The van der Waals surface area contributed by atoms with E-state index in [9.17, 15) is 26.7 Å². The molecule has 0 aliphatic carbocycles. The molecule has 2 aromatic rings. The highest BCUT2D eigenvalue weighted by molar-refractivity contribution is 5.48. The highest BCUT2D eigenvalue weighted by Crippen LogP contribution is 2.32. The second-order valence-electron chi connectivity index (χ2n) is 6.92. The van der Waals surface area contributed by atoms with Crippen LogP contribution in [0.3, 0.4) is 0 Å². The Kier molecular flexibility index (Phi) is 8.17. The number of hydrogen-bond acceptors (Lipinski definition) is 2. The molecule has 0 aliphatic heterocycles. The van der Waals surface area contributed by atoms with Crippen LogP contribution in [0.4, 0.5) is 22.0 Å². The van der Waals surface area contributed by atoms with Gasteiger partial charge in [0.1, 0.15) is 17.9 Å². The Bertz CT molecular complexity index is 808. The molecule has 2 nitrogen and oxygen atoms in total. The quantitative estimate of drug-likeness (QED) is 0.238. The molecule has 0 unspecified atom stereocenters. The van der Waals surface area contributed by atoms with E-state index in [1.54, 1.807) is 6.92 Å². The summed E-state index contributed by atoms with van der Waals surface area (Å²) in [6.45, 7) is 1.77. The second kappa shape index (κ2) is 10.4. The zero-order valence-electron chi connectivity index (χ0n) is 16.0. The van der Waals surface area contributed by atoms with Crippen molar-refractivity contribution in [3.8, 4) is 5.75 Å². The van der Waals surface area contributed by atoms with E-state index in [-0.39, 0.29) is 5.92 Å². The number of alkyl halides is 4. The molecule has 7 heteroatoms. The molecule has 29 heavy (non-hydrogen) atoms. The van der Waals surface area contributed by atoms with Gasteiger partial charge in [-0.1, -0.05) is 37.6 Å². The maximum atomic E-state index is 13.9. The van der Waals surface area contributed by atoms with Gasteiger partial charge in [-0.3, -0.25) is 0 Å². The standard InChI is InChI=1S/C22H23F5O2/c1-15(17-9-6-8-16(11-17)7-4-2-3-5-10-28)18-12-19(23)14-20(13-18)29-22(26,27)21(24)25/h6,8-15,21H,2-5,7H2,1H3/t15-/m1/s1. The average Bonchev–Trinajstić information content (AvgIpc) is 2.66. The number of halogens is 5. The van der Waals surface area contributed by atoms with Gasteiger partial charge in [-0.2, -0.15) is 17.6 Å². The molecule has 0 radical (unpaired) electrons. The van der Waals surface area contributed by atoms with Gasteiger partial charge in [0.2, 0.25) is 0 Å². The van der Waals surface area contributed by atoms with E-state index in [1.165, 1.54) is 6.07 Å². The number of ether oxygens (including phenoxy) is 1. The van der Waals surface area contributed by atoms with Crippen LogP contribution >= 0.6 is 0 Å². The summed E-state index contributed by atoms with van der Waals surface area (Å²) in [6, 6.07) is 10.6. The first-order valence-corrected chi connectivity index (χ1v) is 9.41. The van der Waals surface area contributed by atoms with E-state index < -0.39 is 24.1 Å². The third-order valence-electron chi connectivity index (χ3n) is 4.64. The number of carbonyl (C=O) groups is 1. The lowest BCUT2D eigenvalue weighted by Gasteiger charge is -2.19. The fourth-order valence-electron chi connectivity index (χ4n) is 3.04. The number of rotatable bonds is 11. The lowest BCUT2D eigenvalue weighted by Crippen LogP contribution is -2.33. The normalized spacial score (nSPS) is 12.8. The Morgan fingerprint density at radius 3 is 2.48 bits per heavy atom. The number of aryl methyl sites for hydroxylation is 1. The van der Waals surface area contributed by atoms with Crippen LogP contribution in [0.1, 0.15) is 55.2 Å². The predicted molar refractivity (Wildman–Crippen MR) is 100 cm³/mol. The van der Waals surface area contributed by atoms with Crippen LogP contribution in [0.5, 0.6) is 5.75 Å². The van der Waals surface area contributed by atoms with Crippen LogP contribution < -0.4 is 4.74 Å². The number of hydrogen-bond donors (Lipinski definition) is 0. The Labute approximate surface area is 166 Å². The SMILES string of the molecule is C[C@H](c1cccc(CCCCCC=O)c1)c1cc(F)cc(OC(F)(F)C(F)F)c1. The molecule has 0 amide bonds. The lowest BCUT2D eigenvalue weighted by atomic mass is 9.91. The number of carbonyl (C=O) groups excluding carboxylic acids is 1. The third-order valence-corrected chi connectivity index (χ3v) is 4.64. The fraction of sp³-hybridized carbons (Fsp3) is 0.409. The van der Waals surface area contributed by atoms with Crippen LogP contribution in [0.15, 0.2) is 42.5 Å². The Morgan fingerprint density at radius 1 is 1.03 bits per heavy atom. The highest BCUT2D eigenvalue weighted by Gasteiger charge is 2.44.